The lowest BCUT2D eigenvalue weighted by atomic mass is 9.77. The molecular formula is C50H41N7O6S3. The first-order valence-corrected chi connectivity index (χ1v) is 23.6. The first-order chi connectivity index (χ1) is 32.2. The molecule has 4 heterocycles. The van der Waals surface area contributed by atoms with Crippen molar-refractivity contribution in [2.75, 3.05) is 23.5 Å². The molecule has 1 saturated heterocycles. The largest absolute Gasteiger partial charge is 0.448 e. The molecule has 13 nitrogen and oxygen atoms in total. The number of fused-ring (bicyclic) bond motifs is 1. The summed E-state index contributed by atoms with van der Waals surface area (Å²) in [6.45, 7) is 1.38. The Bertz CT molecular complexity index is 2800. The van der Waals surface area contributed by atoms with Crippen LogP contribution in [0.4, 0.5) is 10.3 Å². The summed E-state index contributed by atoms with van der Waals surface area (Å²) < 4.78 is 6.32. The van der Waals surface area contributed by atoms with Crippen LogP contribution in [-0.2, 0) is 34.3 Å². The second-order valence-corrected chi connectivity index (χ2v) is 18.0. The number of hydrogen-bond acceptors (Lipinski definition) is 13. The second-order valence-electron chi connectivity index (χ2n) is 15.1. The van der Waals surface area contributed by atoms with Crippen LogP contribution in [0.25, 0.3) is 5.57 Å². The highest BCUT2D eigenvalue weighted by atomic mass is 32.2. The topological polar surface area (TPSA) is 164 Å². The van der Waals surface area contributed by atoms with Gasteiger partial charge in [0.15, 0.2) is 22.1 Å². The predicted octanol–water partition coefficient (Wildman–Crippen LogP) is 8.46. The zero-order valence-corrected chi connectivity index (χ0v) is 37.9. The number of hydrogen-bond donors (Lipinski definition) is 3. The van der Waals surface area contributed by atoms with E-state index in [1.54, 1.807) is 10.8 Å². The van der Waals surface area contributed by atoms with E-state index in [0.29, 0.717) is 21.5 Å². The summed E-state index contributed by atoms with van der Waals surface area (Å²) in [5, 5.41) is 17.0. The van der Waals surface area contributed by atoms with Gasteiger partial charge in [0.05, 0.1) is 5.69 Å². The number of anilines is 2. The van der Waals surface area contributed by atoms with E-state index in [2.05, 4.69) is 62.5 Å². The maximum atomic E-state index is 14.6. The molecule has 2 aliphatic rings. The van der Waals surface area contributed by atoms with Crippen LogP contribution < -0.4 is 16.0 Å². The summed E-state index contributed by atoms with van der Waals surface area (Å²) in [5.41, 5.74) is 4.46. The van der Waals surface area contributed by atoms with Crippen molar-refractivity contribution in [2.24, 2.45) is 5.16 Å². The Balaban J connectivity index is 1.00. The standard InChI is InChI=1S/C50H41N7O6S3/c1-31(58)51-48-52-38(29-65-48)37-28-64-46-41(45(60)57(46)42(37)47(61)63-43(32-18-8-3-9-19-32)33-20-10-4-11-21-33)54-44(59)40(56-62-2)39-30-66-49(53-39)55-50(34-22-12-5-13-23-34,35-24-14-6-15-25-35)36-26-16-7-17-27-36/h3-27,29-30,41,43,46H,28H2,1-2H3,(H,53,55)(H,54,59)(H,51,52,58)/b56-40+/t41?,46-/m1/s1. The van der Waals surface area contributed by atoms with Crippen molar-refractivity contribution >= 4 is 79.7 Å². The number of aromatic nitrogens is 2. The lowest BCUT2D eigenvalue weighted by molar-refractivity contribution is -0.154. The number of rotatable bonds is 15. The number of carbonyl (C=O) groups is 4. The number of β-lactam (4-membered cyclic amide) rings is 1. The highest BCUT2D eigenvalue weighted by Crippen LogP contribution is 2.45. The normalized spacial score (nSPS) is 16.0. The second kappa shape index (κ2) is 19.4. The van der Waals surface area contributed by atoms with Gasteiger partial charge in [0.2, 0.25) is 5.91 Å². The third-order valence-electron chi connectivity index (χ3n) is 11.0. The van der Waals surface area contributed by atoms with Gasteiger partial charge >= 0.3 is 5.97 Å². The third kappa shape index (κ3) is 8.73. The summed E-state index contributed by atoms with van der Waals surface area (Å²) >= 11 is 3.85. The maximum Gasteiger partial charge on any atom is 0.356 e. The van der Waals surface area contributed by atoms with Gasteiger partial charge < -0.3 is 25.5 Å². The minimum atomic E-state index is -1.04. The van der Waals surface area contributed by atoms with Crippen LogP contribution in [-0.4, -0.2) is 68.5 Å². The first-order valence-electron chi connectivity index (χ1n) is 20.8. The van der Waals surface area contributed by atoms with Gasteiger partial charge in [-0.05, 0) is 27.8 Å². The lowest BCUT2D eigenvalue weighted by Gasteiger charge is -2.49. The molecule has 16 heteroatoms. The van der Waals surface area contributed by atoms with Crippen molar-refractivity contribution in [1.29, 1.82) is 0 Å². The number of oxime groups is 1. The maximum absolute atomic E-state index is 14.6. The van der Waals surface area contributed by atoms with Gasteiger partial charge in [0.25, 0.3) is 11.8 Å². The van der Waals surface area contributed by atoms with Gasteiger partial charge in [-0.15, -0.1) is 34.4 Å². The summed E-state index contributed by atoms with van der Waals surface area (Å²) in [5.74, 6) is -2.04. The molecule has 1 unspecified atom stereocenters. The van der Waals surface area contributed by atoms with E-state index in [1.807, 2.05) is 115 Å². The van der Waals surface area contributed by atoms with Crippen LogP contribution in [0, 0.1) is 0 Å². The van der Waals surface area contributed by atoms with Crippen molar-refractivity contribution in [3.63, 3.8) is 0 Å². The molecule has 66 heavy (non-hydrogen) atoms. The van der Waals surface area contributed by atoms with Crippen molar-refractivity contribution in [3.05, 3.63) is 207 Å². The van der Waals surface area contributed by atoms with Gasteiger partial charge in [-0.25, -0.2) is 14.8 Å². The van der Waals surface area contributed by atoms with E-state index >= 15 is 0 Å². The lowest BCUT2D eigenvalue weighted by Crippen LogP contribution is -2.71. The zero-order chi connectivity index (χ0) is 45.6. The number of carbonyl (C=O) groups excluding carboxylic acids is 4. The van der Waals surface area contributed by atoms with E-state index in [0.717, 1.165) is 27.8 Å². The Labute approximate surface area is 392 Å². The molecule has 7 aromatic rings. The molecule has 2 atom stereocenters. The quantitative estimate of drug-likeness (QED) is 0.0299. The van der Waals surface area contributed by atoms with Gasteiger partial charge in [0, 0.05) is 29.0 Å². The molecule has 330 valence electrons. The zero-order valence-electron chi connectivity index (χ0n) is 35.5. The van der Waals surface area contributed by atoms with E-state index in [4.69, 9.17) is 14.6 Å². The molecule has 2 aromatic heterocycles. The van der Waals surface area contributed by atoms with Crippen LogP contribution >= 0.6 is 34.4 Å². The number of esters is 1. The van der Waals surface area contributed by atoms with E-state index in [1.165, 1.54) is 53.4 Å². The molecular weight excluding hydrogens is 891 g/mol. The molecule has 2 aliphatic heterocycles. The SMILES string of the molecule is CO/N=C(/C(=O)NC1C(=O)N2C(C(=O)OC(c3ccccc3)c3ccccc3)=C(c3csc(NC(C)=O)n3)CS[C@H]12)c1csc(NC(c2ccccc2)(c2ccccc2)c2ccccc2)n1. The van der Waals surface area contributed by atoms with Crippen LogP contribution in [0.15, 0.2) is 173 Å². The number of benzene rings is 5. The van der Waals surface area contributed by atoms with Crippen LogP contribution in [0.3, 0.4) is 0 Å². The molecule has 9 rings (SSSR count). The Hall–Kier alpha value is -7.40. The predicted molar refractivity (Wildman–Crippen MR) is 258 cm³/mol. The van der Waals surface area contributed by atoms with Gasteiger partial charge in [-0.2, -0.15) is 0 Å². The summed E-state index contributed by atoms with van der Waals surface area (Å²) in [4.78, 5) is 71.1. The molecule has 5 aromatic carbocycles. The summed E-state index contributed by atoms with van der Waals surface area (Å²) in [7, 11) is 1.33. The minimum Gasteiger partial charge on any atom is -0.448 e. The van der Waals surface area contributed by atoms with Crippen LogP contribution in [0.2, 0.25) is 0 Å². The van der Waals surface area contributed by atoms with E-state index in [-0.39, 0.29) is 28.8 Å². The molecule has 3 N–H and O–H groups in total. The number of thioether (sulfide) groups is 1. The average molecular weight is 932 g/mol. The average Bonchev–Trinajstić information content (AvgIpc) is 4.03. The summed E-state index contributed by atoms with van der Waals surface area (Å²) in [6, 6.07) is 47.8. The molecule has 3 amide bonds. The van der Waals surface area contributed by atoms with E-state index in [9.17, 15) is 19.2 Å². The first kappa shape index (κ1) is 43.8. The highest BCUT2D eigenvalue weighted by Gasteiger charge is 2.55. The Morgan fingerprint density at radius 1 is 0.742 bits per heavy atom. The fraction of sp³-hybridized carbons (Fsp3) is 0.140. The third-order valence-corrected chi connectivity index (χ3v) is 13.8. The van der Waals surface area contributed by atoms with Crippen molar-refractivity contribution in [3.8, 4) is 0 Å². The van der Waals surface area contributed by atoms with Crippen LogP contribution in [0.1, 0.15) is 52.2 Å². The van der Waals surface area contributed by atoms with E-state index < -0.39 is 40.8 Å². The number of nitrogens with zero attached hydrogens (tertiary/aromatic N) is 4. The summed E-state index contributed by atoms with van der Waals surface area (Å²) in [6.07, 6.45) is -0.803. The van der Waals surface area contributed by atoms with Crippen molar-refractivity contribution < 1.29 is 28.8 Å². The fourth-order valence-corrected chi connectivity index (χ4v) is 10.9. The van der Waals surface area contributed by atoms with Crippen LogP contribution in [0.5, 0.6) is 0 Å². The van der Waals surface area contributed by atoms with Crippen molar-refractivity contribution in [1.82, 2.24) is 20.2 Å². The molecule has 0 bridgehead atoms. The fourth-order valence-electron chi connectivity index (χ4n) is 8.06. The number of nitrogens with one attached hydrogen (secondary N) is 3. The van der Waals surface area contributed by atoms with Gasteiger partial charge in [-0.1, -0.05) is 157 Å². The number of amides is 3. The molecule has 1 fully saturated rings. The monoisotopic (exact) mass is 931 g/mol. The van der Waals surface area contributed by atoms with Gasteiger partial charge in [-0.3, -0.25) is 19.3 Å². The van der Waals surface area contributed by atoms with Gasteiger partial charge in [0.1, 0.15) is 35.5 Å². The Morgan fingerprint density at radius 2 is 1.27 bits per heavy atom. The molecule has 0 aliphatic carbocycles. The molecule has 0 saturated carbocycles. The van der Waals surface area contributed by atoms with Crippen molar-refractivity contribution in [2.45, 2.75) is 30.0 Å². The number of thiazole rings is 2. The minimum absolute atomic E-state index is 0.00511. The molecule has 0 spiro atoms. The Morgan fingerprint density at radius 3 is 1.80 bits per heavy atom. The highest BCUT2D eigenvalue weighted by molar-refractivity contribution is 8.00. The number of ether oxygens (including phenoxy) is 1. The molecule has 0 radical (unpaired) electrons. The smallest absolute Gasteiger partial charge is 0.356 e. The Kier molecular flexibility index (Phi) is 12.9.